The molecule has 114 valence electrons. The first kappa shape index (κ1) is 16.4. The first-order valence-electron chi connectivity index (χ1n) is 6.43. The number of hydrogen-bond donors (Lipinski definition) is 1. The number of rotatable bonds is 3. The van der Waals surface area contributed by atoms with Crippen molar-refractivity contribution in [3.8, 4) is 5.75 Å². The number of hydrogen-bond acceptors (Lipinski definition) is 3. The van der Waals surface area contributed by atoms with Crippen molar-refractivity contribution < 1.29 is 19.4 Å². The van der Waals surface area contributed by atoms with E-state index in [1.165, 1.54) is 18.1 Å². The van der Waals surface area contributed by atoms with E-state index in [1.807, 2.05) is 29.5 Å². The van der Waals surface area contributed by atoms with Crippen molar-refractivity contribution in [2.45, 2.75) is 19.4 Å². The van der Waals surface area contributed by atoms with Gasteiger partial charge in [0.05, 0.1) is 17.7 Å². The van der Waals surface area contributed by atoms with E-state index in [0.29, 0.717) is 29.3 Å². The molecule has 0 aromatic heterocycles. The Balaban J connectivity index is 2.40. The van der Waals surface area contributed by atoms with Gasteiger partial charge in [-0.15, -0.1) is 0 Å². The molecule has 2 unspecified atom stereocenters. The molecule has 1 aromatic carbocycles. The van der Waals surface area contributed by atoms with Crippen LogP contribution in [0.1, 0.15) is 23.7 Å². The third-order valence-corrected chi connectivity index (χ3v) is 5.21. The van der Waals surface area contributed by atoms with Gasteiger partial charge in [-0.05, 0) is 47.1 Å². The minimum atomic E-state index is -0.982. The Hall–Kier alpha value is -1.02. The van der Waals surface area contributed by atoms with E-state index in [2.05, 4.69) is 0 Å². The number of amides is 1. The van der Waals surface area contributed by atoms with Crippen molar-refractivity contribution in [1.29, 1.82) is 0 Å². The Morgan fingerprint density at radius 2 is 2.14 bits per heavy atom. The summed E-state index contributed by atoms with van der Waals surface area (Å²) in [5, 5.41) is 9.77. The third kappa shape index (κ3) is 3.11. The largest absolute Gasteiger partial charge is 0.496 e. The number of aliphatic carboxylic acids is 1. The first-order valence-corrected chi connectivity index (χ1v) is 7.89. The van der Waals surface area contributed by atoms with Crippen LogP contribution in [0.5, 0.6) is 5.75 Å². The summed E-state index contributed by atoms with van der Waals surface area (Å²) < 4.78 is 6.00. The predicted molar refractivity (Wildman–Crippen MR) is 87.0 cm³/mol. The molecule has 2 atom stereocenters. The zero-order valence-corrected chi connectivity index (χ0v) is 14.5. The number of likely N-dealkylation sites (tertiary alicyclic amines) is 1. The maximum Gasteiger partial charge on any atom is 0.326 e. The summed E-state index contributed by atoms with van der Waals surface area (Å²) in [4.78, 5) is 25.4. The normalized spacial score (nSPS) is 21.4. The van der Waals surface area contributed by atoms with Gasteiger partial charge in [-0.3, -0.25) is 4.79 Å². The maximum atomic E-state index is 12.7. The molecule has 1 fully saturated rings. The highest BCUT2D eigenvalue weighted by atomic mass is 127. The number of ether oxygens (including phenoxy) is 1. The lowest BCUT2D eigenvalue weighted by molar-refractivity contribution is -0.142. The number of methoxy groups -OCH3 is 1. The minimum absolute atomic E-state index is 0.0724. The van der Waals surface area contributed by atoms with Crippen LogP contribution in [0.25, 0.3) is 0 Å². The van der Waals surface area contributed by atoms with E-state index in [9.17, 15) is 14.7 Å². The third-order valence-electron chi connectivity index (χ3n) is 3.69. The van der Waals surface area contributed by atoms with Gasteiger partial charge in [0, 0.05) is 10.1 Å². The Labute approximate surface area is 141 Å². The van der Waals surface area contributed by atoms with Crippen LogP contribution in [0, 0.1) is 9.49 Å². The molecule has 5 nitrogen and oxygen atoms in total. The summed E-state index contributed by atoms with van der Waals surface area (Å²) in [6, 6.07) is 2.40. The molecule has 1 amide bonds. The van der Waals surface area contributed by atoms with E-state index >= 15 is 0 Å². The summed E-state index contributed by atoms with van der Waals surface area (Å²) in [5.41, 5.74) is 0.295. The smallest absolute Gasteiger partial charge is 0.326 e. The van der Waals surface area contributed by atoms with Crippen LogP contribution in [-0.2, 0) is 4.79 Å². The lowest BCUT2D eigenvalue weighted by Crippen LogP contribution is -2.42. The molecule has 1 aromatic rings. The van der Waals surface area contributed by atoms with E-state index < -0.39 is 12.0 Å². The molecule has 21 heavy (non-hydrogen) atoms. The SMILES string of the molecule is COc1cc(I)c(Cl)cc1C(=O)N1CCC(C)C1C(=O)O. The van der Waals surface area contributed by atoms with Gasteiger partial charge in [0.25, 0.3) is 5.91 Å². The molecule has 7 heteroatoms. The number of carbonyl (C=O) groups is 2. The molecule has 1 aliphatic rings. The van der Waals surface area contributed by atoms with E-state index in [-0.39, 0.29) is 11.8 Å². The van der Waals surface area contributed by atoms with Gasteiger partial charge in [-0.1, -0.05) is 18.5 Å². The van der Waals surface area contributed by atoms with Gasteiger partial charge in [0.1, 0.15) is 11.8 Å². The predicted octanol–water partition coefficient (Wildman–Crippen LogP) is 2.89. The maximum absolute atomic E-state index is 12.7. The average molecular weight is 424 g/mol. The van der Waals surface area contributed by atoms with Crippen LogP contribution in [0.2, 0.25) is 5.02 Å². The summed E-state index contributed by atoms with van der Waals surface area (Å²) in [6.45, 7) is 2.26. The molecule has 1 aliphatic heterocycles. The van der Waals surface area contributed by atoms with Crippen LogP contribution in [0.15, 0.2) is 12.1 Å². The number of carboxylic acid groups (broad SMARTS) is 1. The molecule has 1 heterocycles. The average Bonchev–Trinajstić information content (AvgIpc) is 2.82. The van der Waals surface area contributed by atoms with Crippen LogP contribution >= 0.6 is 34.2 Å². The van der Waals surface area contributed by atoms with Crippen LogP contribution < -0.4 is 4.74 Å². The fourth-order valence-corrected chi connectivity index (χ4v) is 3.17. The molecule has 2 rings (SSSR count). The quantitative estimate of drug-likeness (QED) is 0.759. The van der Waals surface area contributed by atoms with Crippen molar-refractivity contribution in [3.63, 3.8) is 0 Å². The van der Waals surface area contributed by atoms with E-state index in [0.717, 1.165) is 3.57 Å². The fraction of sp³-hybridized carbons (Fsp3) is 0.429. The van der Waals surface area contributed by atoms with Crippen molar-refractivity contribution in [1.82, 2.24) is 4.90 Å². The molecule has 0 aliphatic carbocycles. The van der Waals surface area contributed by atoms with E-state index in [1.54, 1.807) is 6.07 Å². The monoisotopic (exact) mass is 423 g/mol. The minimum Gasteiger partial charge on any atom is -0.496 e. The summed E-state index contributed by atoms with van der Waals surface area (Å²) in [5.74, 6) is -1.01. The lowest BCUT2D eigenvalue weighted by atomic mass is 10.0. The Kier molecular flexibility index (Phi) is 4.98. The second kappa shape index (κ2) is 6.39. The Morgan fingerprint density at radius 3 is 2.71 bits per heavy atom. The van der Waals surface area contributed by atoms with Crippen LogP contribution in [-0.4, -0.2) is 41.6 Å². The Bertz CT molecular complexity index is 593. The van der Waals surface area contributed by atoms with Gasteiger partial charge >= 0.3 is 5.97 Å². The van der Waals surface area contributed by atoms with Gasteiger partial charge in [0.2, 0.25) is 0 Å². The van der Waals surface area contributed by atoms with Crippen molar-refractivity contribution in [2.75, 3.05) is 13.7 Å². The molecule has 0 spiro atoms. The van der Waals surface area contributed by atoms with Gasteiger partial charge in [-0.25, -0.2) is 4.79 Å². The van der Waals surface area contributed by atoms with E-state index in [4.69, 9.17) is 16.3 Å². The number of nitrogens with zero attached hydrogens (tertiary/aromatic N) is 1. The number of halogens is 2. The van der Waals surface area contributed by atoms with Gasteiger partial charge in [-0.2, -0.15) is 0 Å². The molecule has 0 bridgehead atoms. The zero-order valence-electron chi connectivity index (χ0n) is 11.6. The lowest BCUT2D eigenvalue weighted by Gasteiger charge is -2.24. The molecular formula is C14H15ClINO4. The Morgan fingerprint density at radius 1 is 1.48 bits per heavy atom. The van der Waals surface area contributed by atoms with Crippen molar-refractivity contribution in [3.05, 3.63) is 26.3 Å². The van der Waals surface area contributed by atoms with Gasteiger partial charge < -0.3 is 14.7 Å². The second-order valence-corrected chi connectivity index (χ2v) is 6.58. The molecular weight excluding hydrogens is 409 g/mol. The highest BCUT2D eigenvalue weighted by Gasteiger charge is 2.40. The van der Waals surface area contributed by atoms with Crippen molar-refractivity contribution >= 4 is 46.1 Å². The first-order chi connectivity index (χ1) is 9.86. The van der Waals surface area contributed by atoms with Crippen LogP contribution in [0.4, 0.5) is 0 Å². The number of carbonyl (C=O) groups excluding carboxylic acids is 1. The highest BCUT2D eigenvalue weighted by molar-refractivity contribution is 14.1. The topological polar surface area (TPSA) is 66.8 Å². The molecule has 0 saturated carbocycles. The second-order valence-electron chi connectivity index (χ2n) is 5.01. The summed E-state index contributed by atoms with van der Waals surface area (Å²) >= 11 is 8.12. The molecule has 1 N–H and O–H groups in total. The molecule has 0 radical (unpaired) electrons. The molecule has 1 saturated heterocycles. The van der Waals surface area contributed by atoms with Crippen LogP contribution in [0.3, 0.4) is 0 Å². The zero-order chi connectivity index (χ0) is 15.7. The number of carboxylic acids is 1. The highest BCUT2D eigenvalue weighted by Crippen LogP contribution is 2.32. The summed E-state index contributed by atoms with van der Waals surface area (Å²) in [7, 11) is 1.47. The van der Waals surface area contributed by atoms with Gasteiger partial charge in [0.15, 0.2) is 0 Å². The summed E-state index contributed by atoms with van der Waals surface area (Å²) in [6.07, 6.45) is 0.670. The van der Waals surface area contributed by atoms with Crippen molar-refractivity contribution in [2.24, 2.45) is 5.92 Å². The number of benzene rings is 1. The standard InChI is InChI=1S/C14H15ClINO4/c1-7-3-4-17(12(7)14(19)20)13(18)8-5-9(15)10(16)6-11(8)21-2/h5-7,12H,3-4H2,1-2H3,(H,19,20). The fourth-order valence-electron chi connectivity index (χ4n) is 2.57.